The second-order valence-corrected chi connectivity index (χ2v) is 7.72. The number of nitrogens with zero attached hydrogens (tertiary/aromatic N) is 2. The number of rotatable bonds is 5. The van der Waals surface area contributed by atoms with Crippen LogP contribution in [0.1, 0.15) is 42.7 Å². The smallest absolute Gasteiger partial charge is 0.230 e. The molecule has 1 saturated carbocycles. The maximum absolute atomic E-state index is 13.0. The Morgan fingerprint density at radius 2 is 2.21 bits per heavy atom. The maximum atomic E-state index is 13.0. The van der Waals surface area contributed by atoms with Crippen LogP contribution in [0.3, 0.4) is 0 Å². The van der Waals surface area contributed by atoms with E-state index in [-0.39, 0.29) is 17.4 Å². The molecule has 1 aliphatic carbocycles. The van der Waals surface area contributed by atoms with Gasteiger partial charge >= 0.3 is 0 Å². The third-order valence-corrected chi connectivity index (χ3v) is 5.96. The first-order chi connectivity index (χ1) is 11.6. The summed E-state index contributed by atoms with van der Waals surface area (Å²) in [6.45, 7) is 7.97. The van der Waals surface area contributed by atoms with Crippen molar-refractivity contribution in [2.24, 2.45) is 11.3 Å². The fraction of sp³-hybridized carbons (Fsp3) is 0.778. The van der Waals surface area contributed by atoms with E-state index in [4.69, 9.17) is 9.26 Å². The van der Waals surface area contributed by atoms with Gasteiger partial charge in [0.25, 0.3) is 0 Å². The van der Waals surface area contributed by atoms with Crippen LogP contribution < -0.4 is 5.32 Å². The third kappa shape index (κ3) is 2.86. The Bertz CT molecular complexity index is 606. The fourth-order valence-corrected chi connectivity index (χ4v) is 4.17. The van der Waals surface area contributed by atoms with E-state index in [0.29, 0.717) is 12.5 Å². The molecule has 3 aliphatic rings. The van der Waals surface area contributed by atoms with E-state index in [1.807, 2.05) is 13.8 Å². The van der Waals surface area contributed by atoms with Crippen molar-refractivity contribution < 1.29 is 14.1 Å². The number of carbonyl (C=O) groups excluding carboxylic acids is 1. The SMILES string of the molecule is Cc1noc(C)c1CN1CC[C@H]2OCC[C@@]2(C(=O)NCC2CC2)C1. The molecule has 1 N–H and O–H groups in total. The van der Waals surface area contributed by atoms with Crippen LogP contribution >= 0.6 is 0 Å². The molecular weight excluding hydrogens is 306 g/mol. The number of hydrogen-bond acceptors (Lipinski definition) is 5. The van der Waals surface area contributed by atoms with Crippen LogP contribution in [0.2, 0.25) is 0 Å². The molecule has 0 unspecified atom stereocenters. The Labute approximate surface area is 142 Å². The molecule has 0 bridgehead atoms. The van der Waals surface area contributed by atoms with E-state index in [1.54, 1.807) is 0 Å². The van der Waals surface area contributed by atoms with E-state index in [0.717, 1.165) is 56.0 Å². The van der Waals surface area contributed by atoms with Crippen molar-refractivity contribution in [2.45, 2.75) is 52.2 Å². The molecule has 1 amide bonds. The van der Waals surface area contributed by atoms with Gasteiger partial charge in [0.05, 0.1) is 17.2 Å². The predicted octanol–water partition coefficient (Wildman–Crippen LogP) is 1.80. The van der Waals surface area contributed by atoms with Gasteiger partial charge in [-0.1, -0.05) is 5.16 Å². The van der Waals surface area contributed by atoms with E-state index in [9.17, 15) is 4.79 Å². The zero-order valence-electron chi connectivity index (χ0n) is 14.6. The molecule has 1 aromatic rings. The number of aromatic nitrogens is 1. The summed E-state index contributed by atoms with van der Waals surface area (Å²) < 4.78 is 11.2. The standard InChI is InChI=1S/C18H27N3O3/c1-12-15(13(2)24-20-12)10-21-7-5-16-18(11-21,6-8-23-16)17(22)19-9-14-3-4-14/h14,16H,3-11H2,1-2H3,(H,19,22)/t16-,18-/m1/s1. The Kier molecular flexibility index (Phi) is 4.12. The molecule has 6 nitrogen and oxygen atoms in total. The van der Waals surface area contributed by atoms with Gasteiger partial charge in [-0.25, -0.2) is 0 Å². The highest BCUT2D eigenvalue weighted by Crippen LogP contribution is 2.42. The average Bonchev–Trinajstić information content (AvgIpc) is 3.23. The normalized spacial score (nSPS) is 30.3. The summed E-state index contributed by atoms with van der Waals surface area (Å²) in [6.07, 6.45) is 4.32. The van der Waals surface area contributed by atoms with Crippen molar-refractivity contribution in [2.75, 3.05) is 26.2 Å². The summed E-state index contributed by atoms with van der Waals surface area (Å²) in [5, 5.41) is 7.25. The van der Waals surface area contributed by atoms with E-state index < -0.39 is 0 Å². The molecule has 3 fully saturated rings. The van der Waals surface area contributed by atoms with Crippen LogP contribution in [0.15, 0.2) is 4.52 Å². The molecule has 2 atom stereocenters. The summed E-state index contributed by atoms with van der Waals surface area (Å²) >= 11 is 0. The van der Waals surface area contributed by atoms with Gasteiger partial charge in [0.1, 0.15) is 5.76 Å². The van der Waals surface area contributed by atoms with Gasteiger partial charge in [-0.15, -0.1) is 0 Å². The summed E-state index contributed by atoms with van der Waals surface area (Å²) in [4.78, 5) is 15.3. The molecule has 24 heavy (non-hydrogen) atoms. The maximum Gasteiger partial charge on any atom is 0.230 e. The lowest BCUT2D eigenvalue weighted by molar-refractivity contribution is -0.139. The Balaban J connectivity index is 1.48. The topological polar surface area (TPSA) is 67.6 Å². The first-order valence-electron chi connectivity index (χ1n) is 9.12. The van der Waals surface area contributed by atoms with Gasteiger partial charge in [0.15, 0.2) is 0 Å². The van der Waals surface area contributed by atoms with Crippen molar-refractivity contribution in [3.05, 3.63) is 17.0 Å². The minimum Gasteiger partial charge on any atom is -0.377 e. The molecule has 0 spiro atoms. The van der Waals surface area contributed by atoms with Crippen LogP contribution in [0.25, 0.3) is 0 Å². The van der Waals surface area contributed by atoms with E-state index in [1.165, 1.54) is 12.8 Å². The van der Waals surface area contributed by atoms with E-state index >= 15 is 0 Å². The van der Waals surface area contributed by atoms with Crippen molar-refractivity contribution in [1.29, 1.82) is 0 Å². The largest absolute Gasteiger partial charge is 0.377 e. The molecule has 6 heteroatoms. The lowest BCUT2D eigenvalue weighted by Crippen LogP contribution is -2.57. The van der Waals surface area contributed by atoms with Gasteiger partial charge in [-0.2, -0.15) is 0 Å². The molecule has 132 valence electrons. The van der Waals surface area contributed by atoms with Gasteiger partial charge < -0.3 is 14.6 Å². The minimum absolute atomic E-state index is 0.0672. The number of amides is 1. The summed E-state index contributed by atoms with van der Waals surface area (Å²) in [5.41, 5.74) is 1.72. The Morgan fingerprint density at radius 1 is 1.38 bits per heavy atom. The monoisotopic (exact) mass is 333 g/mol. The summed E-state index contributed by atoms with van der Waals surface area (Å²) in [5.74, 6) is 1.78. The zero-order chi connectivity index (χ0) is 16.7. The average molecular weight is 333 g/mol. The van der Waals surface area contributed by atoms with E-state index in [2.05, 4.69) is 15.4 Å². The van der Waals surface area contributed by atoms with Crippen LogP contribution in [-0.4, -0.2) is 48.3 Å². The van der Waals surface area contributed by atoms with Gasteiger partial charge in [0.2, 0.25) is 5.91 Å². The third-order valence-electron chi connectivity index (χ3n) is 5.96. The first kappa shape index (κ1) is 16.1. The molecule has 4 rings (SSSR count). The van der Waals surface area contributed by atoms with Gasteiger partial charge in [-0.3, -0.25) is 9.69 Å². The molecule has 3 heterocycles. The molecule has 1 aromatic heterocycles. The number of piperidine rings is 1. The molecular formula is C18H27N3O3. The Hall–Kier alpha value is -1.40. The second kappa shape index (κ2) is 6.15. The highest BCUT2D eigenvalue weighted by molar-refractivity contribution is 5.84. The number of ether oxygens (including phenoxy) is 1. The van der Waals surface area contributed by atoms with Gasteiger partial charge in [0, 0.05) is 38.3 Å². The first-order valence-corrected chi connectivity index (χ1v) is 9.12. The number of fused-ring (bicyclic) bond motifs is 1. The number of carbonyl (C=O) groups is 1. The number of likely N-dealkylation sites (tertiary alicyclic amines) is 1. The van der Waals surface area contributed by atoms with Gasteiger partial charge in [-0.05, 0) is 45.4 Å². The lowest BCUT2D eigenvalue weighted by atomic mass is 9.75. The van der Waals surface area contributed by atoms with Crippen molar-refractivity contribution in [1.82, 2.24) is 15.4 Å². The summed E-state index contributed by atoms with van der Waals surface area (Å²) in [6, 6.07) is 0. The quantitative estimate of drug-likeness (QED) is 0.890. The number of nitrogens with one attached hydrogen (secondary N) is 1. The molecule has 0 radical (unpaired) electrons. The second-order valence-electron chi connectivity index (χ2n) is 7.72. The fourth-order valence-electron chi connectivity index (χ4n) is 4.17. The zero-order valence-corrected chi connectivity index (χ0v) is 14.6. The number of aryl methyl sites for hydroxylation is 2. The number of hydrogen-bond donors (Lipinski definition) is 1. The van der Waals surface area contributed by atoms with Crippen LogP contribution in [0, 0.1) is 25.2 Å². The molecule has 0 aromatic carbocycles. The van der Waals surface area contributed by atoms with Crippen LogP contribution in [0.4, 0.5) is 0 Å². The molecule has 2 saturated heterocycles. The van der Waals surface area contributed by atoms with Crippen molar-refractivity contribution in [3.8, 4) is 0 Å². The predicted molar refractivity (Wildman–Crippen MR) is 88.4 cm³/mol. The summed E-state index contributed by atoms with van der Waals surface area (Å²) in [7, 11) is 0. The minimum atomic E-state index is -0.383. The lowest BCUT2D eigenvalue weighted by Gasteiger charge is -2.42. The van der Waals surface area contributed by atoms with Crippen molar-refractivity contribution >= 4 is 5.91 Å². The Morgan fingerprint density at radius 3 is 2.92 bits per heavy atom. The van der Waals surface area contributed by atoms with Crippen LogP contribution in [0.5, 0.6) is 0 Å². The van der Waals surface area contributed by atoms with Crippen LogP contribution in [-0.2, 0) is 16.1 Å². The molecule has 2 aliphatic heterocycles. The highest BCUT2D eigenvalue weighted by atomic mass is 16.5. The highest BCUT2D eigenvalue weighted by Gasteiger charge is 2.53. The van der Waals surface area contributed by atoms with Crippen molar-refractivity contribution in [3.63, 3.8) is 0 Å².